The zero-order valence-corrected chi connectivity index (χ0v) is 14.4. The van der Waals surface area contributed by atoms with E-state index in [0.29, 0.717) is 25.7 Å². The third-order valence-electron chi connectivity index (χ3n) is 4.78. The van der Waals surface area contributed by atoms with Crippen LogP contribution in [-0.4, -0.2) is 56.2 Å². The monoisotopic (exact) mass is 331 g/mol. The van der Waals surface area contributed by atoms with Crippen LogP contribution < -0.4 is 15.4 Å². The Bertz CT molecular complexity index is 497. The fourth-order valence-electron chi connectivity index (χ4n) is 3.09. The number of amides is 1. The molecule has 24 heavy (non-hydrogen) atoms. The van der Waals surface area contributed by atoms with Gasteiger partial charge in [-0.15, -0.1) is 0 Å². The van der Waals surface area contributed by atoms with Gasteiger partial charge in [-0.1, -0.05) is 18.2 Å². The predicted molar refractivity (Wildman–Crippen MR) is 95.1 cm³/mol. The van der Waals surface area contributed by atoms with Gasteiger partial charge in [0.05, 0.1) is 13.1 Å². The minimum Gasteiger partial charge on any atom is -0.492 e. The van der Waals surface area contributed by atoms with Gasteiger partial charge in [-0.3, -0.25) is 9.69 Å². The summed E-state index contributed by atoms with van der Waals surface area (Å²) in [5.41, 5.74) is 0. The molecule has 1 saturated carbocycles. The van der Waals surface area contributed by atoms with Crippen LogP contribution in [0.3, 0.4) is 0 Å². The summed E-state index contributed by atoms with van der Waals surface area (Å²) in [6.07, 6.45) is 5.11. The molecule has 1 aromatic rings. The Kier molecular flexibility index (Phi) is 6.49. The molecular formula is C19H29N3O2. The fraction of sp³-hybridized carbons (Fsp3) is 0.632. The Hall–Kier alpha value is -1.59. The number of nitrogens with zero attached hydrogens (tertiary/aromatic N) is 1. The molecule has 2 aliphatic rings. The van der Waals surface area contributed by atoms with Crippen LogP contribution in [0.1, 0.15) is 25.7 Å². The van der Waals surface area contributed by atoms with E-state index >= 15 is 0 Å². The molecule has 5 nitrogen and oxygen atoms in total. The first-order valence-corrected chi connectivity index (χ1v) is 9.20. The smallest absolute Gasteiger partial charge is 0.234 e. The van der Waals surface area contributed by atoms with Crippen molar-refractivity contribution in [3.05, 3.63) is 30.3 Å². The Morgan fingerprint density at radius 3 is 2.58 bits per heavy atom. The Morgan fingerprint density at radius 1 is 1.12 bits per heavy atom. The molecule has 1 aromatic carbocycles. The zero-order valence-electron chi connectivity index (χ0n) is 14.4. The van der Waals surface area contributed by atoms with Crippen LogP contribution in [0.25, 0.3) is 0 Å². The summed E-state index contributed by atoms with van der Waals surface area (Å²) in [6.45, 7) is 4.76. The lowest BCUT2D eigenvalue weighted by Crippen LogP contribution is -2.46. The van der Waals surface area contributed by atoms with E-state index in [0.717, 1.165) is 37.6 Å². The van der Waals surface area contributed by atoms with Crippen LogP contribution in [0.5, 0.6) is 5.75 Å². The number of carbonyl (C=O) groups excluding carboxylic acids is 1. The van der Waals surface area contributed by atoms with E-state index in [1.54, 1.807) is 0 Å². The van der Waals surface area contributed by atoms with E-state index in [-0.39, 0.29) is 5.91 Å². The Morgan fingerprint density at radius 2 is 1.88 bits per heavy atom. The second kappa shape index (κ2) is 9.04. The van der Waals surface area contributed by atoms with Crippen molar-refractivity contribution in [2.45, 2.75) is 31.7 Å². The van der Waals surface area contributed by atoms with E-state index < -0.39 is 0 Å². The lowest BCUT2D eigenvalue weighted by molar-refractivity contribution is -0.122. The van der Waals surface area contributed by atoms with Crippen molar-refractivity contribution < 1.29 is 9.53 Å². The standard InChI is InChI=1S/C19H29N3O2/c23-19(20-10-13-24-18-4-2-1-3-5-18)15-22-11-8-17(9-12-22)21-14-16-6-7-16/h1-5,16-17,21H,6-15H2,(H,20,23). The molecule has 2 N–H and O–H groups in total. The first kappa shape index (κ1) is 17.2. The quantitative estimate of drug-likeness (QED) is 0.676. The number of nitrogens with one attached hydrogen (secondary N) is 2. The highest BCUT2D eigenvalue weighted by atomic mass is 16.5. The summed E-state index contributed by atoms with van der Waals surface area (Å²) >= 11 is 0. The summed E-state index contributed by atoms with van der Waals surface area (Å²) in [7, 11) is 0. The molecule has 1 heterocycles. The molecule has 0 aromatic heterocycles. The maximum absolute atomic E-state index is 12.0. The van der Waals surface area contributed by atoms with Gasteiger partial charge in [0, 0.05) is 19.1 Å². The molecule has 5 heteroatoms. The maximum Gasteiger partial charge on any atom is 0.234 e. The van der Waals surface area contributed by atoms with Crippen molar-refractivity contribution in [3.63, 3.8) is 0 Å². The summed E-state index contributed by atoms with van der Waals surface area (Å²) in [5.74, 6) is 1.87. The van der Waals surface area contributed by atoms with Crippen LogP contribution in [-0.2, 0) is 4.79 Å². The van der Waals surface area contributed by atoms with Crippen LogP contribution in [0, 0.1) is 5.92 Å². The van der Waals surface area contributed by atoms with Crippen molar-refractivity contribution in [1.29, 1.82) is 0 Å². The highest BCUT2D eigenvalue weighted by Crippen LogP contribution is 2.28. The van der Waals surface area contributed by atoms with E-state index in [9.17, 15) is 4.79 Å². The second-order valence-electron chi connectivity index (χ2n) is 6.91. The SMILES string of the molecule is O=C(CN1CCC(NCC2CC2)CC1)NCCOc1ccccc1. The molecule has 3 rings (SSSR count). The number of piperidine rings is 1. The molecule has 0 bridgehead atoms. The molecule has 1 aliphatic carbocycles. The topological polar surface area (TPSA) is 53.6 Å². The average molecular weight is 331 g/mol. The molecule has 0 unspecified atom stereocenters. The molecule has 0 radical (unpaired) electrons. The molecule has 0 atom stereocenters. The van der Waals surface area contributed by atoms with Crippen LogP contribution in [0.4, 0.5) is 0 Å². The van der Waals surface area contributed by atoms with E-state index in [2.05, 4.69) is 15.5 Å². The van der Waals surface area contributed by atoms with Crippen molar-refractivity contribution in [2.24, 2.45) is 5.92 Å². The third-order valence-corrected chi connectivity index (χ3v) is 4.78. The molecule has 1 aliphatic heterocycles. The fourth-order valence-corrected chi connectivity index (χ4v) is 3.09. The summed E-state index contributed by atoms with van der Waals surface area (Å²) in [4.78, 5) is 14.3. The number of hydrogen-bond donors (Lipinski definition) is 2. The van der Waals surface area contributed by atoms with Gasteiger partial charge >= 0.3 is 0 Å². The number of ether oxygens (including phenoxy) is 1. The Balaban J connectivity index is 1.23. The summed E-state index contributed by atoms with van der Waals surface area (Å²) in [5, 5.41) is 6.61. The molecule has 2 fully saturated rings. The average Bonchev–Trinajstić information content (AvgIpc) is 3.44. The highest BCUT2D eigenvalue weighted by molar-refractivity contribution is 5.78. The number of carbonyl (C=O) groups is 1. The van der Waals surface area contributed by atoms with Gasteiger partial charge in [0.1, 0.15) is 12.4 Å². The highest BCUT2D eigenvalue weighted by Gasteiger charge is 2.24. The molecule has 1 saturated heterocycles. The zero-order chi connectivity index (χ0) is 16.6. The first-order chi connectivity index (χ1) is 11.8. The van der Waals surface area contributed by atoms with Crippen molar-refractivity contribution in [1.82, 2.24) is 15.5 Å². The second-order valence-corrected chi connectivity index (χ2v) is 6.91. The number of benzene rings is 1. The minimum absolute atomic E-state index is 0.0936. The molecular weight excluding hydrogens is 302 g/mol. The first-order valence-electron chi connectivity index (χ1n) is 9.20. The maximum atomic E-state index is 12.0. The van der Waals surface area contributed by atoms with Crippen LogP contribution in [0.2, 0.25) is 0 Å². The predicted octanol–water partition coefficient (Wildman–Crippen LogP) is 1.65. The summed E-state index contributed by atoms with van der Waals surface area (Å²) < 4.78 is 5.58. The molecule has 1 amide bonds. The summed E-state index contributed by atoms with van der Waals surface area (Å²) in [6, 6.07) is 10.3. The lowest BCUT2D eigenvalue weighted by atomic mass is 10.0. The number of para-hydroxylation sites is 1. The van der Waals surface area contributed by atoms with E-state index in [1.807, 2.05) is 30.3 Å². The number of likely N-dealkylation sites (tertiary alicyclic amines) is 1. The normalized spacial score (nSPS) is 19.2. The van der Waals surface area contributed by atoms with Crippen molar-refractivity contribution in [3.8, 4) is 5.75 Å². The molecule has 0 spiro atoms. The van der Waals surface area contributed by atoms with E-state index in [1.165, 1.54) is 19.4 Å². The van der Waals surface area contributed by atoms with Gasteiger partial charge < -0.3 is 15.4 Å². The van der Waals surface area contributed by atoms with Crippen molar-refractivity contribution >= 4 is 5.91 Å². The van der Waals surface area contributed by atoms with Gasteiger partial charge in [0.2, 0.25) is 5.91 Å². The number of rotatable bonds is 9. The van der Waals surface area contributed by atoms with Gasteiger partial charge in [-0.2, -0.15) is 0 Å². The minimum atomic E-state index is 0.0936. The van der Waals surface area contributed by atoms with Crippen molar-refractivity contribution in [2.75, 3.05) is 39.3 Å². The largest absolute Gasteiger partial charge is 0.492 e. The van der Waals surface area contributed by atoms with Crippen LogP contribution >= 0.6 is 0 Å². The van der Waals surface area contributed by atoms with E-state index in [4.69, 9.17) is 4.74 Å². The van der Waals surface area contributed by atoms with Gasteiger partial charge in [0.25, 0.3) is 0 Å². The molecule has 132 valence electrons. The lowest BCUT2D eigenvalue weighted by Gasteiger charge is -2.32. The number of hydrogen-bond acceptors (Lipinski definition) is 4. The third kappa shape index (κ3) is 6.13. The van der Waals surface area contributed by atoms with Gasteiger partial charge in [-0.25, -0.2) is 0 Å². The van der Waals surface area contributed by atoms with Gasteiger partial charge in [-0.05, 0) is 50.3 Å². The van der Waals surface area contributed by atoms with Gasteiger partial charge in [0.15, 0.2) is 0 Å². The Labute approximate surface area is 144 Å². The van der Waals surface area contributed by atoms with Crippen LogP contribution in [0.15, 0.2) is 30.3 Å².